The van der Waals surface area contributed by atoms with Crippen molar-refractivity contribution in [1.29, 1.82) is 0 Å². The van der Waals surface area contributed by atoms with Gasteiger partial charge in [-0.1, -0.05) is 60.7 Å². The fourth-order valence-electron chi connectivity index (χ4n) is 3.33. The monoisotopic (exact) mass is 450 g/mol. The number of halogens is 1. The summed E-state index contributed by atoms with van der Waals surface area (Å²) in [6.45, 7) is 3.91. The number of nitrogens with one attached hydrogen (secondary N) is 1. The Hall–Kier alpha value is -2.92. The van der Waals surface area contributed by atoms with Crippen LogP contribution in [-0.4, -0.2) is 23.8 Å². The molecule has 0 saturated heterocycles. The maximum Gasteiger partial charge on any atom is 0.255 e. The molecule has 3 aromatic carbocycles. The Balaban J connectivity index is 1.98. The predicted molar refractivity (Wildman–Crippen MR) is 120 cm³/mol. The molecule has 0 unspecified atom stereocenters. The second-order valence-electron chi connectivity index (χ2n) is 6.97. The summed E-state index contributed by atoms with van der Waals surface area (Å²) in [4.78, 5) is 28.0. The van der Waals surface area contributed by atoms with Gasteiger partial charge in [-0.2, -0.15) is 0 Å². The van der Waals surface area contributed by atoms with E-state index >= 15 is 0 Å². The maximum absolute atomic E-state index is 13.4. The Morgan fingerprint density at radius 3 is 2.07 bits per heavy atom. The average Bonchev–Trinajstić information content (AvgIpc) is 2.71. The molecule has 0 saturated carbocycles. The molecule has 29 heavy (non-hydrogen) atoms. The number of amides is 2. The lowest BCUT2D eigenvalue weighted by molar-refractivity contribution is -0.120. The zero-order valence-corrected chi connectivity index (χ0v) is 18.2. The quantitative estimate of drug-likeness (QED) is 0.556. The molecule has 0 bridgehead atoms. The second kappa shape index (κ2) is 9.05. The van der Waals surface area contributed by atoms with E-state index in [0.29, 0.717) is 10.0 Å². The summed E-state index contributed by atoms with van der Waals surface area (Å²) in [6, 6.07) is 21.7. The van der Waals surface area contributed by atoms with E-state index in [1.54, 1.807) is 19.2 Å². The van der Waals surface area contributed by atoms with Crippen LogP contribution >= 0.6 is 15.9 Å². The van der Waals surface area contributed by atoms with Gasteiger partial charge in [-0.05, 0) is 58.6 Å². The van der Waals surface area contributed by atoms with Crippen LogP contribution in [0.25, 0.3) is 0 Å². The third kappa shape index (κ3) is 4.57. The Labute approximate surface area is 179 Å². The third-order valence-corrected chi connectivity index (χ3v) is 5.60. The zero-order valence-electron chi connectivity index (χ0n) is 16.6. The van der Waals surface area contributed by atoms with E-state index in [4.69, 9.17) is 0 Å². The van der Waals surface area contributed by atoms with E-state index in [0.717, 1.165) is 22.4 Å². The molecule has 0 aliphatic carbocycles. The van der Waals surface area contributed by atoms with Crippen molar-refractivity contribution in [3.8, 4) is 0 Å². The number of nitrogens with zero attached hydrogens (tertiary/aromatic N) is 1. The van der Waals surface area contributed by atoms with Gasteiger partial charge in [-0.25, -0.2) is 0 Å². The molecule has 0 radical (unpaired) electrons. The Morgan fingerprint density at radius 2 is 1.45 bits per heavy atom. The van der Waals surface area contributed by atoms with Gasteiger partial charge in [0.2, 0.25) is 0 Å². The highest BCUT2D eigenvalue weighted by Crippen LogP contribution is 2.27. The van der Waals surface area contributed by atoms with Crippen molar-refractivity contribution in [2.45, 2.75) is 19.9 Å². The van der Waals surface area contributed by atoms with Crippen LogP contribution in [0.15, 0.2) is 77.3 Å². The molecule has 1 N–H and O–H groups in total. The first kappa shape index (κ1) is 20.8. The highest BCUT2D eigenvalue weighted by Gasteiger charge is 2.30. The number of aryl methyl sites for hydroxylation is 2. The number of rotatable bonds is 5. The fraction of sp³-hybridized carbons (Fsp3) is 0.167. The number of para-hydroxylation sites is 1. The normalized spacial score (nSPS) is 11.6. The van der Waals surface area contributed by atoms with Crippen molar-refractivity contribution in [3.63, 3.8) is 0 Å². The first-order valence-electron chi connectivity index (χ1n) is 9.34. The van der Waals surface area contributed by atoms with Crippen LogP contribution < -0.4 is 5.32 Å². The van der Waals surface area contributed by atoms with E-state index in [2.05, 4.69) is 21.2 Å². The minimum Gasteiger partial charge on any atom is -0.326 e. The highest BCUT2D eigenvalue weighted by atomic mass is 79.9. The maximum atomic E-state index is 13.4. The number of anilines is 1. The van der Waals surface area contributed by atoms with Crippen molar-refractivity contribution in [2.24, 2.45) is 0 Å². The van der Waals surface area contributed by atoms with E-state index in [9.17, 15) is 9.59 Å². The summed E-state index contributed by atoms with van der Waals surface area (Å²) < 4.78 is 0.693. The van der Waals surface area contributed by atoms with Crippen LogP contribution in [0.4, 0.5) is 5.69 Å². The third-order valence-electron chi connectivity index (χ3n) is 4.90. The topological polar surface area (TPSA) is 49.4 Å². The molecule has 0 heterocycles. The Bertz CT molecular complexity index is 1010. The minimum atomic E-state index is -0.769. The molecule has 0 aliphatic heterocycles. The van der Waals surface area contributed by atoms with Crippen LogP contribution in [0.5, 0.6) is 0 Å². The number of carbonyl (C=O) groups excluding carboxylic acids is 2. The standard InChI is InChI=1S/C24H23BrN2O2/c1-16-10-9-11-17(2)21(16)26-23(28)22(18-12-5-4-6-13-18)27(3)24(29)19-14-7-8-15-20(19)25/h4-15,22H,1-3H3,(H,26,28)/t22-/m1/s1. The van der Waals surface area contributed by atoms with Gasteiger partial charge in [0.1, 0.15) is 6.04 Å². The summed E-state index contributed by atoms with van der Waals surface area (Å²) >= 11 is 3.43. The van der Waals surface area contributed by atoms with Crippen LogP contribution in [0, 0.1) is 13.8 Å². The van der Waals surface area contributed by atoms with Gasteiger partial charge in [0, 0.05) is 17.2 Å². The van der Waals surface area contributed by atoms with Gasteiger partial charge >= 0.3 is 0 Å². The van der Waals surface area contributed by atoms with Crippen molar-refractivity contribution in [1.82, 2.24) is 4.90 Å². The largest absolute Gasteiger partial charge is 0.326 e. The number of hydrogen-bond donors (Lipinski definition) is 1. The molecule has 2 amide bonds. The van der Waals surface area contributed by atoms with Gasteiger partial charge in [0.15, 0.2) is 0 Å². The van der Waals surface area contributed by atoms with Gasteiger partial charge in [0.25, 0.3) is 11.8 Å². The first-order chi connectivity index (χ1) is 13.9. The lowest BCUT2D eigenvalue weighted by atomic mass is 10.0. The van der Waals surface area contributed by atoms with E-state index in [-0.39, 0.29) is 11.8 Å². The summed E-state index contributed by atoms with van der Waals surface area (Å²) in [5.74, 6) is -0.487. The van der Waals surface area contributed by atoms with Crippen molar-refractivity contribution < 1.29 is 9.59 Å². The molecule has 4 nitrogen and oxygen atoms in total. The molecule has 1 atom stereocenters. The smallest absolute Gasteiger partial charge is 0.255 e. The fourth-order valence-corrected chi connectivity index (χ4v) is 3.79. The summed E-state index contributed by atoms with van der Waals surface area (Å²) in [5.41, 5.74) is 3.99. The number of carbonyl (C=O) groups is 2. The number of hydrogen-bond acceptors (Lipinski definition) is 2. The molecule has 0 spiro atoms. The predicted octanol–water partition coefficient (Wildman–Crippen LogP) is 5.52. The second-order valence-corrected chi connectivity index (χ2v) is 7.82. The van der Waals surface area contributed by atoms with Crippen molar-refractivity contribution >= 4 is 33.4 Å². The lowest BCUT2D eigenvalue weighted by Gasteiger charge is -2.28. The van der Waals surface area contributed by atoms with Crippen LogP contribution in [0.2, 0.25) is 0 Å². The SMILES string of the molecule is Cc1cccc(C)c1NC(=O)[C@@H](c1ccccc1)N(C)C(=O)c1ccccc1Br. The van der Waals surface area contributed by atoms with Gasteiger partial charge in [-0.15, -0.1) is 0 Å². The first-order valence-corrected chi connectivity index (χ1v) is 10.1. The average molecular weight is 451 g/mol. The van der Waals surface area contributed by atoms with E-state index in [1.807, 2.05) is 74.5 Å². The van der Waals surface area contributed by atoms with Gasteiger partial charge in [-0.3, -0.25) is 9.59 Å². The van der Waals surface area contributed by atoms with Crippen molar-refractivity contribution in [3.05, 3.63) is 99.5 Å². The van der Waals surface area contributed by atoms with Crippen LogP contribution in [-0.2, 0) is 4.79 Å². The minimum absolute atomic E-state index is 0.233. The molecule has 0 aromatic heterocycles. The molecule has 0 fully saturated rings. The molecule has 3 aromatic rings. The summed E-state index contributed by atoms with van der Waals surface area (Å²) in [6.07, 6.45) is 0. The van der Waals surface area contributed by atoms with Crippen LogP contribution in [0.1, 0.15) is 33.1 Å². The number of benzene rings is 3. The highest BCUT2D eigenvalue weighted by molar-refractivity contribution is 9.10. The summed E-state index contributed by atoms with van der Waals surface area (Å²) in [7, 11) is 1.66. The van der Waals surface area contributed by atoms with Crippen LogP contribution in [0.3, 0.4) is 0 Å². The number of likely N-dealkylation sites (N-methyl/N-ethyl adjacent to an activating group) is 1. The Kier molecular flexibility index (Phi) is 6.49. The molecule has 148 valence electrons. The van der Waals surface area contributed by atoms with E-state index in [1.165, 1.54) is 4.90 Å². The van der Waals surface area contributed by atoms with Gasteiger partial charge < -0.3 is 10.2 Å². The molecular formula is C24H23BrN2O2. The van der Waals surface area contributed by atoms with Crippen molar-refractivity contribution in [2.75, 3.05) is 12.4 Å². The molecule has 0 aliphatic rings. The molecular weight excluding hydrogens is 428 g/mol. The molecule has 3 rings (SSSR count). The van der Waals surface area contributed by atoms with E-state index < -0.39 is 6.04 Å². The zero-order chi connectivity index (χ0) is 21.0. The van der Waals surface area contributed by atoms with Gasteiger partial charge in [0.05, 0.1) is 5.56 Å². The molecule has 5 heteroatoms. The Morgan fingerprint density at radius 1 is 0.862 bits per heavy atom. The lowest BCUT2D eigenvalue weighted by Crippen LogP contribution is -2.39. The summed E-state index contributed by atoms with van der Waals surface area (Å²) in [5, 5.41) is 3.03.